The van der Waals surface area contributed by atoms with E-state index in [2.05, 4.69) is 56.9 Å². The third-order valence-electron chi connectivity index (χ3n) is 19.8. The van der Waals surface area contributed by atoms with Gasteiger partial charge in [-0.2, -0.15) is 0 Å². The van der Waals surface area contributed by atoms with Gasteiger partial charge in [-0.25, -0.2) is 9.59 Å². The molecule has 4 N–H and O–H groups in total. The molecule has 12 rings (SSSR count). The standard InChI is InChI=1S/2C38H42ClN3O6/c2*1-41-19-6-4-3-5-7-20-42-24-37(18-8-9-27-21-29(39)13-16-31(27)37)25-48-33-17-12-28(22-32(33)42)38(46,23-34(41)43)36(45)40-30-14-10-26(11-15-30)35(44)47-2/h2*4,6,10-17,21-22,46H,3,5,7-9,18-20,23-25H2,1-2H3,(H,40,45)/b2*6-4+/t37-,38+;37-,38-/m00/s1. The van der Waals surface area contributed by atoms with E-state index in [1.165, 1.54) is 70.5 Å². The second-order valence-electron chi connectivity index (χ2n) is 26.3. The summed E-state index contributed by atoms with van der Waals surface area (Å²) in [6.07, 6.45) is 18.6. The predicted molar refractivity (Wildman–Crippen MR) is 372 cm³/mol. The summed E-state index contributed by atoms with van der Waals surface area (Å²) in [5.74, 6) is -1.95. The minimum absolute atomic E-state index is 0.261. The van der Waals surface area contributed by atoms with E-state index in [-0.39, 0.29) is 33.8 Å². The molecule has 6 aromatic rings. The number of esters is 2. The van der Waals surface area contributed by atoms with Crippen molar-refractivity contribution in [3.8, 4) is 11.5 Å². The van der Waals surface area contributed by atoms with E-state index in [4.69, 9.17) is 42.1 Å². The Bertz CT molecular complexity index is 3700. The van der Waals surface area contributed by atoms with Crippen molar-refractivity contribution in [3.05, 3.63) is 200 Å². The van der Waals surface area contributed by atoms with Crippen molar-refractivity contribution in [2.45, 2.75) is 112 Å². The fraction of sp³-hybridized carbons (Fsp3) is 0.395. The molecule has 4 aliphatic heterocycles. The lowest BCUT2D eigenvalue weighted by Gasteiger charge is -2.41. The molecule has 0 unspecified atom stereocenters. The minimum Gasteiger partial charge on any atom is -0.490 e. The maximum Gasteiger partial charge on any atom is 0.337 e. The van der Waals surface area contributed by atoms with Gasteiger partial charge < -0.3 is 59.4 Å². The van der Waals surface area contributed by atoms with Gasteiger partial charge in [0.05, 0.1) is 62.8 Å². The summed E-state index contributed by atoms with van der Waals surface area (Å²) in [4.78, 5) is 86.7. The molecule has 504 valence electrons. The van der Waals surface area contributed by atoms with Crippen molar-refractivity contribution >= 4 is 81.5 Å². The van der Waals surface area contributed by atoms with Crippen LogP contribution in [-0.2, 0) is 63.5 Å². The predicted octanol–water partition coefficient (Wildman–Crippen LogP) is 12.0. The molecule has 6 aromatic carbocycles. The number of hydrogen-bond acceptors (Lipinski definition) is 14. The van der Waals surface area contributed by atoms with Gasteiger partial charge in [-0.1, -0.05) is 71.8 Å². The molecule has 20 heteroatoms. The van der Waals surface area contributed by atoms with Crippen LogP contribution in [0.3, 0.4) is 0 Å². The maximum absolute atomic E-state index is 14.0. The Morgan fingerprint density at radius 3 is 1.31 bits per heavy atom. The number of nitrogens with one attached hydrogen (secondary N) is 2. The molecule has 0 aromatic heterocycles. The van der Waals surface area contributed by atoms with Crippen LogP contribution in [0.25, 0.3) is 0 Å². The summed E-state index contributed by atoms with van der Waals surface area (Å²) < 4.78 is 22.7. The summed E-state index contributed by atoms with van der Waals surface area (Å²) >= 11 is 12.8. The van der Waals surface area contributed by atoms with E-state index in [0.717, 1.165) is 112 Å². The number of rotatable bonds is 6. The molecule has 4 atom stereocenters. The summed E-state index contributed by atoms with van der Waals surface area (Å²) in [6, 6.07) is 35.2. The largest absolute Gasteiger partial charge is 0.490 e. The van der Waals surface area contributed by atoms with Gasteiger partial charge >= 0.3 is 11.9 Å². The zero-order valence-corrected chi connectivity index (χ0v) is 56.4. The molecule has 4 amide bonds. The van der Waals surface area contributed by atoms with Crippen LogP contribution in [0.15, 0.2) is 146 Å². The first-order valence-corrected chi connectivity index (χ1v) is 33.8. The van der Waals surface area contributed by atoms with Gasteiger partial charge in [0, 0.05) is 85.6 Å². The molecule has 0 saturated carbocycles. The number of carbonyl (C=O) groups excluding carboxylic acids is 6. The molecule has 2 aliphatic carbocycles. The molecule has 0 saturated heterocycles. The molecule has 6 aliphatic rings. The van der Waals surface area contributed by atoms with Crippen LogP contribution in [0.1, 0.15) is 131 Å². The Hall–Kier alpha value is -8.68. The van der Waals surface area contributed by atoms with E-state index >= 15 is 0 Å². The number of nitrogens with zero attached hydrogens (tertiary/aromatic N) is 4. The number of likely N-dealkylation sites (N-methyl/N-ethyl adjacent to an activating group) is 2. The summed E-state index contributed by atoms with van der Waals surface area (Å²) in [5, 5.41) is 31.6. The average molecular weight is 1340 g/mol. The van der Waals surface area contributed by atoms with Crippen LogP contribution in [0.4, 0.5) is 22.7 Å². The highest BCUT2D eigenvalue weighted by atomic mass is 35.5. The Morgan fingerprint density at radius 2 is 0.917 bits per heavy atom. The second-order valence-corrected chi connectivity index (χ2v) is 27.1. The van der Waals surface area contributed by atoms with Gasteiger partial charge in [0.15, 0.2) is 11.2 Å². The van der Waals surface area contributed by atoms with Crippen molar-refractivity contribution in [2.75, 3.05) is 101 Å². The number of benzene rings is 6. The molecule has 96 heavy (non-hydrogen) atoms. The van der Waals surface area contributed by atoms with E-state index < -0.39 is 47.8 Å². The number of halogens is 2. The molecular weight excluding hydrogens is 1260 g/mol. The van der Waals surface area contributed by atoms with Gasteiger partial charge in [-0.3, -0.25) is 19.2 Å². The van der Waals surface area contributed by atoms with Crippen LogP contribution in [0, 0.1) is 0 Å². The monoisotopic (exact) mass is 1340 g/mol. The number of amides is 4. The van der Waals surface area contributed by atoms with E-state index in [9.17, 15) is 39.0 Å². The highest BCUT2D eigenvalue weighted by Gasteiger charge is 2.47. The van der Waals surface area contributed by atoms with Gasteiger partial charge in [0.1, 0.15) is 11.5 Å². The number of allylic oxidation sites excluding steroid dienone is 2. The Morgan fingerprint density at radius 1 is 0.510 bits per heavy atom. The Balaban J connectivity index is 0.000000195. The first-order valence-electron chi connectivity index (χ1n) is 33.1. The van der Waals surface area contributed by atoms with Crippen molar-refractivity contribution in [2.24, 2.45) is 0 Å². The Kier molecular flexibility index (Phi) is 21.3. The third kappa shape index (κ3) is 15.0. The van der Waals surface area contributed by atoms with E-state index in [1.807, 2.05) is 36.4 Å². The van der Waals surface area contributed by atoms with E-state index in [1.54, 1.807) is 62.6 Å². The minimum atomic E-state index is -2.21. The van der Waals surface area contributed by atoms with Gasteiger partial charge in [-0.15, -0.1) is 0 Å². The van der Waals surface area contributed by atoms with Crippen molar-refractivity contribution in [1.82, 2.24) is 9.80 Å². The topological polar surface area (TPSA) is 217 Å². The molecule has 2 spiro atoms. The first kappa shape index (κ1) is 68.7. The first-order chi connectivity index (χ1) is 46.2. The fourth-order valence-corrected chi connectivity index (χ4v) is 14.7. The van der Waals surface area contributed by atoms with Crippen molar-refractivity contribution in [3.63, 3.8) is 0 Å². The third-order valence-corrected chi connectivity index (χ3v) is 20.2. The lowest BCUT2D eigenvalue weighted by Crippen LogP contribution is -2.46. The normalized spacial score (nSPS) is 23.5. The highest BCUT2D eigenvalue weighted by Crippen LogP contribution is 2.48. The molecule has 4 bridgehead atoms. The number of hydrogen-bond donors (Lipinski definition) is 4. The van der Waals surface area contributed by atoms with Crippen LogP contribution in [0.5, 0.6) is 11.5 Å². The maximum atomic E-state index is 14.0. The van der Waals surface area contributed by atoms with Gasteiger partial charge in [-0.05, 0) is 207 Å². The summed E-state index contributed by atoms with van der Waals surface area (Å²) in [5.41, 5.74) is 3.57. The number of methoxy groups -OCH3 is 2. The lowest BCUT2D eigenvalue weighted by molar-refractivity contribution is -0.145. The highest BCUT2D eigenvalue weighted by molar-refractivity contribution is 6.31. The molecular formula is C76H84Cl2N6O12. The van der Waals surface area contributed by atoms with Crippen LogP contribution < -0.4 is 29.9 Å². The number of aliphatic hydroxyl groups is 2. The van der Waals surface area contributed by atoms with Crippen molar-refractivity contribution < 1.29 is 57.9 Å². The van der Waals surface area contributed by atoms with Gasteiger partial charge in [0.25, 0.3) is 11.8 Å². The van der Waals surface area contributed by atoms with Crippen LogP contribution in [0.2, 0.25) is 10.0 Å². The zero-order valence-electron chi connectivity index (χ0n) is 54.9. The van der Waals surface area contributed by atoms with Gasteiger partial charge in [0.2, 0.25) is 11.8 Å². The smallest absolute Gasteiger partial charge is 0.337 e. The lowest BCUT2D eigenvalue weighted by atomic mass is 9.70. The molecule has 4 heterocycles. The number of carbonyl (C=O) groups is 6. The number of aryl methyl sites for hydroxylation is 2. The number of fused-ring (bicyclic) bond motifs is 6. The summed E-state index contributed by atoms with van der Waals surface area (Å²) in [6.45, 7) is 4.62. The number of anilines is 4. The molecule has 18 nitrogen and oxygen atoms in total. The van der Waals surface area contributed by atoms with Crippen LogP contribution in [-0.4, -0.2) is 136 Å². The summed E-state index contributed by atoms with van der Waals surface area (Å²) in [7, 11) is 5.91. The van der Waals surface area contributed by atoms with E-state index in [0.29, 0.717) is 73.4 Å². The molecule has 0 radical (unpaired) electrons. The zero-order chi connectivity index (χ0) is 67.8. The number of ether oxygens (including phenoxy) is 4. The second kappa shape index (κ2) is 29.8. The average Bonchev–Trinajstić information content (AvgIpc) is 1.53. The van der Waals surface area contributed by atoms with Crippen molar-refractivity contribution in [1.29, 1.82) is 0 Å². The fourth-order valence-electron chi connectivity index (χ4n) is 14.3. The quantitative estimate of drug-likeness (QED) is 0.0901. The molecule has 0 fully saturated rings. The van der Waals surface area contributed by atoms with Crippen LogP contribution >= 0.6 is 23.2 Å². The SMILES string of the molecule is COC(=O)c1ccc(NC(=O)[C@@]2(O)CC(=O)N(C)C/C=C/CCCCN3C[C@@]4(CCCc5cc(Cl)ccc54)COc4ccc2cc43)cc1.COC(=O)c1ccc(NC(=O)[C@]2(O)CC(=O)N(C)C/C=C/CCCCN3C[C@@]4(CCCc5cc(Cl)ccc54)COc4ccc2cc43)cc1. The Labute approximate surface area is 571 Å².